The average molecular weight is 243 g/mol. The van der Waals surface area contributed by atoms with Gasteiger partial charge in [0.2, 0.25) is 0 Å². The smallest absolute Gasteiger partial charge is 0.123 e. The number of hydrogen-bond donors (Lipinski definition) is 1. The number of imidazole rings is 1. The van der Waals surface area contributed by atoms with Crippen LogP contribution in [0.3, 0.4) is 0 Å². The first-order valence-electron chi connectivity index (χ1n) is 6.94. The van der Waals surface area contributed by atoms with E-state index < -0.39 is 0 Å². The second-order valence-electron chi connectivity index (χ2n) is 5.36. The molecule has 3 rings (SSSR count). The van der Waals surface area contributed by atoms with Gasteiger partial charge >= 0.3 is 0 Å². The minimum Gasteiger partial charge on any atom is -0.327 e. The fourth-order valence-electron chi connectivity index (χ4n) is 2.67. The van der Waals surface area contributed by atoms with Crippen molar-refractivity contribution in [3.05, 3.63) is 30.1 Å². The van der Waals surface area contributed by atoms with Gasteiger partial charge in [0.1, 0.15) is 5.82 Å². The fourth-order valence-corrected chi connectivity index (χ4v) is 2.67. The van der Waals surface area contributed by atoms with Gasteiger partial charge in [-0.3, -0.25) is 0 Å². The molecule has 1 aromatic carbocycles. The summed E-state index contributed by atoms with van der Waals surface area (Å²) in [6.45, 7) is 7.51. The lowest BCUT2D eigenvalue weighted by Gasteiger charge is -2.07. The molecule has 0 bridgehead atoms. The normalized spacial score (nSPS) is 22.6. The molecule has 1 saturated carbocycles. The molecule has 1 aliphatic rings. The van der Waals surface area contributed by atoms with Crippen LogP contribution in [0.15, 0.2) is 24.3 Å². The second kappa shape index (κ2) is 4.73. The molecule has 1 fully saturated rings. The van der Waals surface area contributed by atoms with Crippen molar-refractivity contribution in [2.45, 2.75) is 33.4 Å². The van der Waals surface area contributed by atoms with E-state index in [1.165, 1.54) is 11.9 Å². The van der Waals surface area contributed by atoms with E-state index in [0.29, 0.717) is 0 Å². The number of aromatic nitrogens is 2. The van der Waals surface area contributed by atoms with E-state index in [1.807, 2.05) is 0 Å². The summed E-state index contributed by atoms with van der Waals surface area (Å²) >= 11 is 0. The third-order valence-corrected chi connectivity index (χ3v) is 4.02. The van der Waals surface area contributed by atoms with E-state index in [9.17, 15) is 0 Å². The summed E-state index contributed by atoms with van der Waals surface area (Å²) in [5.41, 5.74) is 2.35. The van der Waals surface area contributed by atoms with Gasteiger partial charge in [-0.1, -0.05) is 19.1 Å². The van der Waals surface area contributed by atoms with Crippen LogP contribution in [0.2, 0.25) is 0 Å². The minimum atomic E-state index is 0.881. The molecule has 3 heteroatoms. The third kappa shape index (κ3) is 2.15. The van der Waals surface area contributed by atoms with Crippen LogP contribution in [0.1, 0.15) is 26.1 Å². The quantitative estimate of drug-likeness (QED) is 0.875. The highest BCUT2D eigenvalue weighted by Gasteiger charge is 2.31. The highest BCUT2D eigenvalue weighted by Crippen LogP contribution is 2.36. The molecule has 1 N–H and O–H groups in total. The molecular weight excluding hydrogens is 222 g/mol. The topological polar surface area (TPSA) is 29.9 Å². The Bertz CT molecular complexity index is 544. The second-order valence-corrected chi connectivity index (χ2v) is 5.36. The molecule has 0 spiro atoms. The lowest BCUT2D eigenvalue weighted by atomic mass is 10.3. The first-order chi connectivity index (χ1) is 8.79. The average Bonchev–Trinajstić information content (AvgIpc) is 2.96. The summed E-state index contributed by atoms with van der Waals surface area (Å²) in [6, 6.07) is 8.38. The molecule has 18 heavy (non-hydrogen) atoms. The third-order valence-electron chi connectivity index (χ3n) is 4.02. The predicted octanol–water partition coefficient (Wildman–Crippen LogP) is 2.80. The first-order valence-corrected chi connectivity index (χ1v) is 6.94. The fraction of sp³-hybridized carbons (Fsp3) is 0.533. The lowest BCUT2D eigenvalue weighted by Crippen LogP contribution is -2.19. The molecule has 0 saturated heterocycles. The number of para-hydroxylation sites is 2. The van der Waals surface area contributed by atoms with Crippen molar-refractivity contribution < 1.29 is 0 Å². The van der Waals surface area contributed by atoms with Crippen LogP contribution >= 0.6 is 0 Å². The number of benzene rings is 1. The summed E-state index contributed by atoms with van der Waals surface area (Å²) in [7, 11) is 0. The molecule has 2 aromatic rings. The zero-order valence-corrected chi connectivity index (χ0v) is 11.2. The van der Waals surface area contributed by atoms with Crippen LogP contribution in [0.4, 0.5) is 0 Å². The highest BCUT2D eigenvalue weighted by atomic mass is 15.1. The van der Waals surface area contributed by atoms with E-state index in [-0.39, 0.29) is 0 Å². The molecule has 3 nitrogen and oxygen atoms in total. The maximum absolute atomic E-state index is 4.72. The summed E-state index contributed by atoms with van der Waals surface area (Å²) in [5.74, 6) is 2.97. The zero-order chi connectivity index (χ0) is 12.5. The van der Waals surface area contributed by atoms with Gasteiger partial charge in [-0.2, -0.15) is 0 Å². The van der Waals surface area contributed by atoms with Crippen LogP contribution < -0.4 is 5.32 Å². The molecule has 1 heterocycles. The molecular formula is C15H21N3. The van der Waals surface area contributed by atoms with Crippen molar-refractivity contribution in [2.75, 3.05) is 6.54 Å². The van der Waals surface area contributed by atoms with Gasteiger partial charge in [0.15, 0.2) is 0 Å². The van der Waals surface area contributed by atoms with E-state index in [1.54, 1.807) is 0 Å². The van der Waals surface area contributed by atoms with Gasteiger partial charge in [0.05, 0.1) is 17.6 Å². The SMILES string of the molecule is CCn1c(CNCC2CC2C)nc2ccccc21. The Morgan fingerprint density at radius 1 is 1.39 bits per heavy atom. The van der Waals surface area contributed by atoms with Crippen LogP contribution in [0.25, 0.3) is 11.0 Å². The molecule has 0 radical (unpaired) electrons. The first kappa shape index (κ1) is 11.7. The van der Waals surface area contributed by atoms with Crippen LogP contribution in [0, 0.1) is 11.8 Å². The van der Waals surface area contributed by atoms with Crippen molar-refractivity contribution in [1.82, 2.24) is 14.9 Å². The Kier molecular flexibility index (Phi) is 3.08. The van der Waals surface area contributed by atoms with Crippen molar-refractivity contribution in [3.8, 4) is 0 Å². The van der Waals surface area contributed by atoms with E-state index in [0.717, 1.165) is 42.8 Å². The molecule has 0 amide bonds. The van der Waals surface area contributed by atoms with Crippen molar-refractivity contribution >= 4 is 11.0 Å². The Hall–Kier alpha value is -1.35. The van der Waals surface area contributed by atoms with E-state index in [2.05, 4.69) is 48.0 Å². The number of nitrogens with zero attached hydrogens (tertiary/aromatic N) is 2. The number of fused-ring (bicyclic) bond motifs is 1. The highest BCUT2D eigenvalue weighted by molar-refractivity contribution is 5.75. The van der Waals surface area contributed by atoms with Gasteiger partial charge in [-0.05, 0) is 43.9 Å². The van der Waals surface area contributed by atoms with Crippen LogP contribution in [-0.2, 0) is 13.1 Å². The van der Waals surface area contributed by atoms with E-state index >= 15 is 0 Å². The monoisotopic (exact) mass is 243 g/mol. The van der Waals surface area contributed by atoms with E-state index in [4.69, 9.17) is 4.98 Å². The van der Waals surface area contributed by atoms with Gasteiger partial charge in [-0.25, -0.2) is 4.98 Å². The van der Waals surface area contributed by atoms with Crippen LogP contribution in [0.5, 0.6) is 0 Å². The standard InChI is InChI=1S/C15H21N3/c1-3-18-14-7-5-4-6-13(14)17-15(18)10-16-9-12-8-11(12)2/h4-7,11-12,16H,3,8-10H2,1-2H3. The van der Waals surface area contributed by atoms with Crippen LogP contribution in [-0.4, -0.2) is 16.1 Å². The number of nitrogens with one attached hydrogen (secondary N) is 1. The molecule has 1 aliphatic carbocycles. The minimum absolute atomic E-state index is 0.881. The molecule has 96 valence electrons. The Morgan fingerprint density at radius 3 is 2.89 bits per heavy atom. The van der Waals surface area contributed by atoms with Gasteiger partial charge in [0.25, 0.3) is 0 Å². The number of aryl methyl sites for hydroxylation is 1. The lowest BCUT2D eigenvalue weighted by molar-refractivity contribution is 0.578. The Morgan fingerprint density at radius 2 is 2.17 bits per heavy atom. The largest absolute Gasteiger partial charge is 0.327 e. The maximum Gasteiger partial charge on any atom is 0.123 e. The van der Waals surface area contributed by atoms with Gasteiger partial charge in [-0.15, -0.1) is 0 Å². The zero-order valence-electron chi connectivity index (χ0n) is 11.2. The maximum atomic E-state index is 4.72. The van der Waals surface area contributed by atoms with Gasteiger partial charge < -0.3 is 9.88 Å². The van der Waals surface area contributed by atoms with Crippen molar-refractivity contribution in [3.63, 3.8) is 0 Å². The Labute approximate surface area is 108 Å². The summed E-state index contributed by atoms with van der Waals surface area (Å²) in [6.07, 6.45) is 1.39. The summed E-state index contributed by atoms with van der Waals surface area (Å²) < 4.78 is 2.30. The summed E-state index contributed by atoms with van der Waals surface area (Å²) in [4.78, 5) is 4.72. The van der Waals surface area contributed by atoms with Crippen molar-refractivity contribution in [2.24, 2.45) is 11.8 Å². The molecule has 1 aromatic heterocycles. The molecule has 0 aliphatic heterocycles. The van der Waals surface area contributed by atoms with Crippen molar-refractivity contribution in [1.29, 1.82) is 0 Å². The molecule has 2 unspecified atom stereocenters. The predicted molar refractivity (Wildman–Crippen MR) is 74.4 cm³/mol. The summed E-state index contributed by atoms with van der Waals surface area (Å²) in [5, 5.41) is 3.55. The number of hydrogen-bond acceptors (Lipinski definition) is 2. The molecule has 2 atom stereocenters. The Balaban J connectivity index is 1.74. The van der Waals surface area contributed by atoms with Gasteiger partial charge in [0, 0.05) is 6.54 Å². The number of rotatable bonds is 5.